The Balaban J connectivity index is 3.24. The standard InChI is InChI=1S/C19H35NO3Si2/c1-18(2,3)24(7,8)22-16-13-14(20)11-12-15(16)17(21)23-25(9,10)19(4,5)6/h11-13H,20H2,1-10H3. The van der Waals surface area contributed by atoms with Gasteiger partial charge in [-0.15, -0.1) is 0 Å². The lowest BCUT2D eigenvalue weighted by Crippen LogP contribution is -2.45. The van der Waals surface area contributed by atoms with Crippen molar-refractivity contribution in [3.63, 3.8) is 0 Å². The van der Waals surface area contributed by atoms with Gasteiger partial charge in [-0.25, -0.2) is 4.79 Å². The number of nitrogen functional groups attached to an aromatic ring is 1. The topological polar surface area (TPSA) is 61.5 Å². The van der Waals surface area contributed by atoms with Gasteiger partial charge in [0.05, 0.1) is 5.56 Å². The van der Waals surface area contributed by atoms with Crippen LogP contribution in [0.1, 0.15) is 51.9 Å². The van der Waals surface area contributed by atoms with E-state index in [0.29, 0.717) is 17.0 Å². The van der Waals surface area contributed by atoms with Crippen molar-refractivity contribution in [3.05, 3.63) is 23.8 Å². The molecule has 6 heteroatoms. The minimum Gasteiger partial charge on any atom is -0.543 e. The molecular formula is C19H35NO3Si2. The zero-order valence-electron chi connectivity index (χ0n) is 17.5. The van der Waals surface area contributed by atoms with E-state index in [0.717, 1.165) is 0 Å². The van der Waals surface area contributed by atoms with Gasteiger partial charge in [-0.1, -0.05) is 41.5 Å². The molecule has 0 saturated carbocycles. The van der Waals surface area contributed by atoms with E-state index >= 15 is 0 Å². The van der Waals surface area contributed by atoms with E-state index in [1.165, 1.54) is 0 Å². The Bertz CT molecular complexity index is 641. The van der Waals surface area contributed by atoms with Crippen molar-refractivity contribution in [2.24, 2.45) is 0 Å². The molecule has 25 heavy (non-hydrogen) atoms. The van der Waals surface area contributed by atoms with Crippen LogP contribution < -0.4 is 10.2 Å². The summed E-state index contributed by atoms with van der Waals surface area (Å²) in [5, 5.41) is -0.0187. The molecular weight excluding hydrogens is 346 g/mol. The number of anilines is 1. The molecule has 0 bridgehead atoms. The van der Waals surface area contributed by atoms with Gasteiger partial charge in [-0.3, -0.25) is 0 Å². The molecule has 0 spiro atoms. The summed E-state index contributed by atoms with van der Waals surface area (Å²) in [7, 11) is -4.30. The minimum atomic E-state index is -2.21. The van der Waals surface area contributed by atoms with Gasteiger partial charge in [0.2, 0.25) is 0 Å². The first-order valence-electron chi connectivity index (χ1n) is 8.80. The lowest BCUT2D eigenvalue weighted by Gasteiger charge is -2.38. The molecule has 0 aliphatic heterocycles. The monoisotopic (exact) mass is 381 g/mol. The molecule has 1 aromatic carbocycles. The molecule has 4 nitrogen and oxygen atoms in total. The van der Waals surface area contributed by atoms with Crippen LogP contribution in [0.4, 0.5) is 5.69 Å². The summed E-state index contributed by atoms with van der Waals surface area (Å²) in [6, 6.07) is 5.18. The van der Waals surface area contributed by atoms with Crippen LogP contribution in [-0.4, -0.2) is 22.6 Å². The Kier molecular flexibility index (Phi) is 5.92. The number of rotatable bonds is 4. The van der Waals surface area contributed by atoms with E-state index in [1.54, 1.807) is 18.2 Å². The predicted octanol–water partition coefficient (Wildman–Crippen LogP) is 5.81. The van der Waals surface area contributed by atoms with Crippen LogP contribution in [0.25, 0.3) is 0 Å². The third-order valence-electron chi connectivity index (χ3n) is 5.55. The summed E-state index contributed by atoms with van der Waals surface area (Å²) in [6.07, 6.45) is 0. The summed E-state index contributed by atoms with van der Waals surface area (Å²) in [6.45, 7) is 21.3. The van der Waals surface area contributed by atoms with Crippen LogP contribution in [0, 0.1) is 0 Å². The van der Waals surface area contributed by atoms with Crippen LogP contribution in [0.3, 0.4) is 0 Å². The quantitative estimate of drug-likeness (QED) is 0.527. The molecule has 1 aromatic rings. The highest BCUT2D eigenvalue weighted by atomic mass is 28.4. The van der Waals surface area contributed by atoms with E-state index in [-0.39, 0.29) is 16.0 Å². The average Bonchev–Trinajstić information content (AvgIpc) is 2.34. The third kappa shape index (κ3) is 5.10. The van der Waals surface area contributed by atoms with E-state index in [9.17, 15) is 4.79 Å². The average molecular weight is 382 g/mol. The Hall–Kier alpha value is -1.28. The molecule has 0 unspecified atom stereocenters. The normalized spacial score (nSPS) is 13.5. The smallest absolute Gasteiger partial charge is 0.328 e. The second-order valence-electron chi connectivity index (χ2n) is 9.77. The second-order valence-corrected chi connectivity index (χ2v) is 19.2. The van der Waals surface area contributed by atoms with Crippen molar-refractivity contribution < 1.29 is 13.6 Å². The Morgan fingerprint density at radius 3 is 1.84 bits per heavy atom. The molecule has 0 aliphatic carbocycles. The molecule has 0 heterocycles. The van der Waals surface area contributed by atoms with Gasteiger partial charge in [0, 0.05) is 11.8 Å². The number of hydrogen-bond donors (Lipinski definition) is 1. The number of nitrogens with two attached hydrogens (primary N) is 1. The maximum absolute atomic E-state index is 12.9. The maximum atomic E-state index is 12.9. The highest BCUT2D eigenvalue weighted by Gasteiger charge is 2.42. The van der Waals surface area contributed by atoms with Crippen molar-refractivity contribution in [2.45, 2.75) is 77.8 Å². The molecule has 1 rings (SSSR count). The molecule has 0 fully saturated rings. The van der Waals surface area contributed by atoms with Crippen molar-refractivity contribution in [1.82, 2.24) is 0 Å². The molecule has 0 amide bonds. The van der Waals surface area contributed by atoms with Gasteiger partial charge in [0.15, 0.2) is 0 Å². The molecule has 0 atom stereocenters. The van der Waals surface area contributed by atoms with Gasteiger partial charge in [-0.05, 0) is 48.4 Å². The van der Waals surface area contributed by atoms with E-state index in [1.807, 2.05) is 0 Å². The molecule has 0 aliphatic rings. The summed E-state index contributed by atoms with van der Waals surface area (Å²) in [5.41, 5.74) is 6.99. The van der Waals surface area contributed by atoms with Crippen molar-refractivity contribution >= 4 is 28.3 Å². The summed E-state index contributed by atoms with van der Waals surface area (Å²) < 4.78 is 12.3. The number of hydrogen-bond acceptors (Lipinski definition) is 4. The number of benzene rings is 1. The first-order chi connectivity index (χ1) is 11.0. The fourth-order valence-corrected chi connectivity index (χ4v) is 3.56. The van der Waals surface area contributed by atoms with Crippen LogP contribution in [-0.2, 0) is 4.43 Å². The first-order valence-corrected chi connectivity index (χ1v) is 14.6. The lowest BCUT2D eigenvalue weighted by molar-refractivity contribution is 0.0710. The largest absolute Gasteiger partial charge is 0.543 e. The van der Waals surface area contributed by atoms with Gasteiger partial charge in [0.25, 0.3) is 16.6 Å². The molecule has 0 aromatic heterocycles. The van der Waals surface area contributed by atoms with Crippen molar-refractivity contribution in [3.8, 4) is 5.75 Å². The first kappa shape index (κ1) is 21.8. The van der Waals surface area contributed by atoms with Gasteiger partial charge >= 0.3 is 5.97 Å². The number of carbonyl (C=O) groups is 1. The Morgan fingerprint density at radius 1 is 0.920 bits per heavy atom. The van der Waals surface area contributed by atoms with E-state index in [2.05, 4.69) is 67.7 Å². The highest BCUT2D eigenvalue weighted by molar-refractivity contribution is 6.76. The van der Waals surface area contributed by atoms with Crippen LogP contribution >= 0.6 is 0 Å². The van der Waals surface area contributed by atoms with Gasteiger partial charge < -0.3 is 14.6 Å². The molecule has 142 valence electrons. The number of carbonyl (C=O) groups excluding carboxylic acids is 1. The third-order valence-corrected chi connectivity index (χ3v) is 14.2. The predicted molar refractivity (Wildman–Crippen MR) is 111 cm³/mol. The molecule has 0 saturated heterocycles. The zero-order chi connectivity index (χ0) is 19.8. The van der Waals surface area contributed by atoms with Crippen molar-refractivity contribution in [2.75, 3.05) is 5.73 Å². The van der Waals surface area contributed by atoms with Gasteiger partial charge in [-0.2, -0.15) is 0 Å². The van der Waals surface area contributed by atoms with Crippen molar-refractivity contribution in [1.29, 1.82) is 0 Å². The summed E-state index contributed by atoms with van der Waals surface area (Å²) >= 11 is 0. The van der Waals surface area contributed by atoms with E-state index in [4.69, 9.17) is 14.6 Å². The zero-order valence-corrected chi connectivity index (χ0v) is 19.5. The second kappa shape index (κ2) is 6.80. The van der Waals surface area contributed by atoms with Crippen LogP contribution in [0.2, 0.25) is 36.3 Å². The lowest BCUT2D eigenvalue weighted by atomic mass is 10.2. The Labute approximate surface area is 155 Å². The maximum Gasteiger partial charge on any atom is 0.328 e. The summed E-state index contributed by atoms with van der Waals surface area (Å²) in [4.78, 5) is 12.9. The SMILES string of the molecule is CC(C)(C)[Si](C)(C)OC(=O)c1ccc(N)cc1O[Si](C)(C)C(C)(C)C. The van der Waals surface area contributed by atoms with Gasteiger partial charge in [0.1, 0.15) is 5.75 Å². The highest BCUT2D eigenvalue weighted by Crippen LogP contribution is 2.40. The minimum absolute atomic E-state index is 0.0260. The van der Waals surface area contributed by atoms with Crippen LogP contribution in [0.5, 0.6) is 5.75 Å². The Morgan fingerprint density at radius 2 is 1.40 bits per heavy atom. The summed E-state index contributed by atoms with van der Waals surface area (Å²) in [5.74, 6) is 0.218. The van der Waals surface area contributed by atoms with E-state index < -0.39 is 16.6 Å². The molecule has 2 N–H and O–H groups in total. The molecule has 0 radical (unpaired) electrons. The van der Waals surface area contributed by atoms with Crippen LogP contribution in [0.15, 0.2) is 18.2 Å². The fourth-order valence-electron chi connectivity index (χ4n) is 1.66. The fraction of sp³-hybridized carbons (Fsp3) is 0.632.